The van der Waals surface area contributed by atoms with E-state index in [1.807, 2.05) is 19.9 Å². The van der Waals surface area contributed by atoms with Crippen LogP contribution >= 0.6 is 0 Å². The van der Waals surface area contributed by atoms with Gasteiger partial charge in [-0.15, -0.1) is 0 Å². The summed E-state index contributed by atoms with van der Waals surface area (Å²) in [7, 11) is -3.90. The van der Waals surface area contributed by atoms with E-state index in [1.54, 1.807) is 42.5 Å². The lowest BCUT2D eigenvalue weighted by atomic mass is 9.74. The highest BCUT2D eigenvalue weighted by Gasteiger charge is 2.38. The van der Waals surface area contributed by atoms with Crippen LogP contribution in [0.2, 0.25) is 0 Å². The highest BCUT2D eigenvalue weighted by Crippen LogP contribution is 2.36. The van der Waals surface area contributed by atoms with Crippen molar-refractivity contribution in [2.75, 3.05) is 13.2 Å². The van der Waals surface area contributed by atoms with E-state index in [0.29, 0.717) is 17.9 Å². The molecule has 0 spiro atoms. The predicted molar refractivity (Wildman–Crippen MR) is 118 cm³/mol. The molecule has 30 heavy (non-hydrogen) atoms. The molecule has 0 aliphatic heterocycles. The van der Waals surface area contributed by atoms with Crippen LogP contribution in [0.1, 0.15) is 50.9 Å². The minimum Gasteiger partial charge on any atom is -0.461 e. The Bertz CT molecular complexity index is 892. The van der Waals surface area contributed by atoms with Gasteiger partial charge >= 0.3 is 5.97 Å². The monoisotopic (exact) mass is 432 g/mol. The SMILES string of the molecule is CC(C)CCC(COC(=O)c1ccccc1)(COS(=O)(=O)c1ccccc1)C(C)C. The lowest BCUT2D eigenvalue weighted by molar-refractivity contribution is -0.0108. The average molecular weight is 433 g/mol. The zero-order chi connectivity index (χ0) is 22.2. The van der Waals surface area contributed by atoms with Gasteiger partial charge in [0, 0.05) is 5.41 Å². The molecule has 0 N–H and O–H groups in total. The number of rotatable bonds is 11. The summed E-state index contributed by atoms with van der Waals surface area (Å²) in [6.07, 6.45) is 1.56. The molecule has 0 aliphatic rings. The minimum absolute atomic E-state index is 0.0450. The Hall–Kier alpha value is -2.18. The Morgan fingerprint density at radius 2 is 1.47 bits per heavy atom. The first-order chi connectivity index (χ1) is 14.2. The molecule has 5 nitrogen and oxygen atoms in total. The third-order valence-electron chi connectivity index (χ3n) is 5.48. The van der Waals surface area contributed by atoms with Crippen LogP contribution in [0.3, 0.4) is 0 Å². The maximum atomic E-state index is 12.7. The molecule has 164 valence electrons. The van der Waals surface area contributed by atoms with Crippen molar-refractivity contribution in [1.29, 1.82) is 0 Å². The van der Waals surface area contributed by atoms with Crippen LogP contribution < -0.4 is 0 Å². The number of hydrogen-bond acceptors (Lipinski definition) is 5. The maximum absolute atomic E-state index is 12.7. The van der Waals surface area contributed by atoms with Crippen LogP contribution in [0.5, 0.6) is 0 Å². The summed E-state index contributed by atoms with van der Waals surface area (Å²) < 4.78 is 36.5. The molecule has 0 bridgehead atoms. The summed E-state index contributed by atoms with van der Waals surface area (Å²) in [5.74, 6) is 0.0561. The molecule has 0 saturated heterocycles. The van der Waals surface area contributed by atoms with E-state index < -0.39 is 21.5 Å². The van der Waals surface area contributed by atoms with E-state index in [1.165, 1.54) is 12.1 Å². The van der Waals surface area contributed by atoms with E-state index in [4.69, 9.17) is 8.92 Å². The molecule has 6 heteroatoms. The normalized spacial score (nSPS) is 13.9. The summed E-state index contributed by atoms with van der Waals surface area (Å²) in [4.78, 5) is 12.6. The van der Waals surface area contributed by atoms with E-state index in [2.05, 4.69) is 13.8 Å². The summed E-state index contributed by atoms with van der Waals surface area (Å²) in [6, 6.07) is 16.9. The van der Waals surface area contributed by atoms with Crippen LogP contribution in [0.4, 0.5) is 0 Å². The fourth-order valence-corrected chi connectivity index (χ4v) is 4.12. The van der Waals surface area contributed by atoms with Crippen LogP contribution in [-0.4, -0.2) is 27.6 Å². The number of esters is 1. The highest BCUT2D eigenvalue weighted by atomic mass is 32.2. The molecule has 0 fully saturated rings. The zero-order valence-corrected chi connectivity index (χ0v) is 19.0. The van der Waals surface area contributed by atoms with Crippen molar-refractivity contribution in [3.63, 3.8) is 0 Å². The number of ether oxygens (including phenoxy) is 1. The molecule has 0 aromatic heterocycles. The van der Waals surface area contributed by atoms with Gasteiger partial charge in [-0.1, -0.05) is 70.5 Å². The Labute approximate surface area is 180 Å². The molecule has 2 aromatic rings. The molecule has 2 rings (SSSR count). The molecule has 0 radical (unpaired) electrons. The molecule has 0 amide bonds. The van der Waals surface area contributed by atoms with Crippen LogP contribution in [-0.2, 0) is 19.0 Å². The molecule has 0 saturated carbocycles. The zero-order valence-electron chi connectivity index (χ0n) is 18.2. The van der Waals surface area contributed by atoms with Crippen LogP contribution in [0, 0.1) is 17.3 Å². The first-order valence-corrected chi connectivity index (χ1v) is 11.7. The summed E-state index contributed by atoms with van der Waals surface area (Å²) in [6.45, 7) is 8.29. The van der Waals surface area contributed by atoms with Gasteiger partial charge in [-0.25, -0.2) is 4.79 Å². The molecule has 0 aliphatic carbocycles. The number of carbonyl (C=O) groups excluding carboxylic acids is 1. The Morgan fingerprint density at radius 3 is 2.00 bits per heavy atom. The topological polar surface area (TPSA) is 69.7 Å². The second-order valence-electron chi connectivity index (χ2n) is 8.42. The predicted octanol–water partition coefficient (Wildman–Crippen LogP) is 5.33. The van der Waals surface area contributed by atoms with Gasteiger partial charge < -0.3 is 4.74 Å². The second kappa shape index (κ2) is 10.7. The van der Waals surface area contributed by atoms with Gasteiger partial charge in [0.1, 0.15) is 0 Å². The Kier molecular flexibility index (Phi) is 8.62. The fraction of sp³-hybridized carbons (Fsp3) is 0.458. The van der Waals surface area contributed by atoms with Crippen molar-refractivity contribution >= 4 is 16.1 Å². The van der Waals surface area contributed by atoms with Gasteiger partial charge in [0.2, 0.25) is 0 Å². The molecular weight excluding hydrogens is 400 g/mol. The van der Waals surface area contributed by atoms with E-state index >= 15 is 0 Å². The first kappa shape index (κ1) is 24.1. The van der Waals surface area contributed by atoms with Crippen molar-refractivity contribution in [2.24, 2.45) is 17.3 Å². The van der Waals surface area contributed by atoms with Crippen molar-refractivity contribution in [1.82, 2.24) is 0 Å². The minimum atomic E-state index is -3.90. The second-order valence-corrected chi connectivity index (χ2v) is 10.0. The highest BCUT2D eigenvalue weighted by molar-refractivity contribution is 7.86. The van der Waals surface area contributed by atoms with Crippen molar-refractivity contribution < 1.29 is 22.1 Å². The van der Waals surface area contributed by atoms with Crippen molar-refractivity contribution in [3.8, 4) is 0 Å². The van der Waals surface area contributed by atoms with Gasteiger partial charge in [-0.2, -0.15) is 8.42 Å². The van der Waals surface area contributed by atoms with Gasteiger partial charge in [-0.3, -0.25) is 4.18 Å². The number of hydrogen-bond donors (Lipinski definition) is 0. The quantitative estimate of drug-likeness (QED) is 0.355. The molecule has 0 heterocycles. The first-order valence-electron chi connectivity index (χ1n) is 10.3. The smallest absolute Gasteiger partial charge is 0.338 e. The van der Waals surface area contributed by atoms with Crippen molar-refractivity contribution in [3.05, 3.63) is 66.2 Å². The Balaban J connectivity index is 2.20. The summed E-state index contributed by atoms with van der Waals surface area (Å²) in [5.41, 5.74) is -0.145. The summed E-state index contributed by atoms with van der Waals surface area (Å²) >= 11 is 0. The third kappa shape index (κ3) is 6.67. The van der Waals surface area contributed by atoms with Crippen molar-refractivity contribution in [2.45, 2.75) is 45.4 Å². The standard InChI is InChI=1S/C24H32O5S/c1-19(2)15-16-24(20(3)4,17-28-23(25)21-11-7-5-8-12-21)18-29-30(26,27)22-13-9-6-10-14-22/h5-14,19-20H,15-18H2,1-4H3. The van der Waals surface area contributed by atoms with Gasteiger partial charge in [0.25, 0.3) is 10.1 Å². The van der Waals surface area contributed by atoms with E-state index in [0.717, 1.165) is 6.42 Å². The molecule has 1 atom stereocenters. The summed E-state index contributed by atoms with van der Waals surface area (Å²) in [5, 5.41) is 0. The van der Waals surface area contributed by atoms with Gasteiger partial charge in [-0.05, 0) is 42.5 Å². The van der Waals surface area contributed by atoms with Crippen LogP contribution in [0.15, 0.2) is 65.6 Å². The maximum Gasteiger partial charge on any atom is 0.338 e. The molecule has 2 aromatic carbocycles. The van der Waals surface area contributed by atoms with E-state index in [9.17, 15) is 13.2 Å². The van der Waals surface area contributed by atoms with Gasteiger partial charge in [0.15, 0.2) is 0 Å². The van der Waals surface area contributed by atoms with Gasteiger partial charge in [0.05, 0.1) is 23.7 Å². The Morgan fingerprint density at radius 1 is 0.900 bits per heavy atom. The lowest BCUT2D eigenvalue weighted by Gasteiger charge is -2.37. The molecule has 1 unspecified atom stereocenters. The lowest BCUT2D eigenvalue weighted by Crippen LogP contribution is -2.39. The largest absolute Gasteiger partial charge is 0.461 e. The fourth-order valence-electron chi connectivity index (χ4n) is 3.10. The van der Waals surface area contributed by atoms with Crippen LogP contribution in [0.25, 0.3) is 0 Å². The number of benzene rings is 2. The third-order valence-corrected chi connectivity index (χ3v) is 6.76. The van der Waals surface area contributed by atoms with E-state index in [-0.39, 0.29) is 24.0 Å². The average Bonchev–Trinajstić information content (AvgIpc) is 2.74. The molecular formula is C24H32O5S. The number of carbonyl (C=O) groups is 1.